The molecule has 0 radical (unpaired) electrons. The van der Waals surface area contributed by atoms with E-state index in [1.165, 1.54) is 70.6 Å². The van der Waals surface area contributed by atoms with E-state index in [4.69, 9.17) is 44.3 Å². The normalized spacial score (nSPS) is 22.2. The van der Waals surface area contributed by atoms with Gasteiger partial charge in [-0.25, -0.2) is 0 Å². The van der Waals surface area contributed by atoms with Crippen LogP contribution in [0.5, 0.6) is 40.2 Å². The summed E-state index contributed by atoms with van der Waals surface area (Å²) < 4.78 is 40.9. The smallest absolute Gasteiger partial charge is 0.121 e. The Labute approximate surface area is 836 Å². The van der Waals surface area contributed by atoms with Crippen LogP contribution in [-0.2, 0) is 0 Å². The molecule has 16 atom stereocenters. The SMILES string of the molecule is C.CC(=N)CC(O)c1cccc(OCC2CCCCC2)c1.CCC[C@@H](O)c1cccc(OC[C@@H]2CCCC[C@@H]2O)c1.CCC[C@@H](O)c1cccc(OC[C@@H]2CCC[C@@H](O)C2)c1.CCC[C@@H](O)c1cccc(OC[C@@H]2CCC[C@H](O)C2)c1.CCC[C@@H](O)c1cccc(OC[C@H]2CCC[C@@H](O)C2)c1.CCC[C@@H](O)c1cccc(OC[C@H]2CCC[C@H](O)C2)c1.NCCNc1cccc(OCC2CCCCC2)c1. The maximum Gasteiger partial charge on any atom is 0.121 e. The first-order valence-corrected chi connectivity index (χ1v) is 53.5. The van der Waals surface area contributed by atoms with Crippen LogP contribution in [0.3, 0.4) is 0 Å². The van der Waals surface area contributed by atoms with Gasteiger partial charge in [0.05, 0.1) is 113 Å². The predicted molar refractivity (Wildman–Crippen MR) is 563 cm³/mol. The Morgan fingerprint density at radius 1 is 0.309 bits per heavy atom. The Morgan fingerprint density at radius 2 is 0.554 bits per heavy atom. The average Bonchev–Trinajstić information content (AvgIpc) is 0.881. The summed E-state index contributed by atoms with van der Waals surface area (Å²) in [7, 11) is 0. The Morgan fingerprint density at radius 3 is 0.820 bits per heavy atom. The maximum atomic E-state index is 10.0. The molecule has 7 fully saturated rings. The van der Waals surface area contributed by atoms with Gasteiger partial charge < -0.3 is 106 Å². The Bertz CT molecular complexity index is 4020. The molecule has 21 heteroatoms. The first-order chi connectivity index (χ1) is 67.0. The molecule has 14 rings (SSSR count). The molecule has 0 spiro atoms. The minimum atomic E-state index is -0.606. The molecule has 0 amide bonds. The van der Waals surface area contributed by atoms with E-state index in [9.17, 15) is 56.2 Å². The molecule has 1 unspecified atom stereocenters. The fourth-order valence-electron chi connectivity index (χ4n) is 19.6. The summed E-state index contributed by atoms with van der Waals surface area (Å²) in [5.74, 6) is 9.31. The molecule has 21 nitrogen and oxygen atoms in total. The third-order valence-corrected chi connectivity index (χ3v) is 27.8. The maximum absolute atomic E-state index is 10.0. The van der Waals surface area contributed by atoms with Crippen molar-refractivity contribution in [2.24, 2.45) is 47.2 Å². The van der Waals surface area contributed by atoms with Crippen molar-refractivity contribution in [3.63, 3.8) is 0 Å². The highest BCUT2D eigenvalue weighted by molar-refractivity contribution is 5.79. The number of aliphatic hydroxyl groups excluding tert-OH is 11. The van der Waals surface area contributed by atoms with Gasteiger partial charge in [-0.2, -0.15) is 0 Å². The number of nitrogens with two attached hydrogens (primary N) is 1. The number of benzene rings is 7. The second-order valence-corrected chi connectivity index (χ2v) is 40.2. The monoisotopic (exact) mass is 1930 g/mol. The molecule has 0 saturated heterocycles. The fourth-order valence-corrected chi connectivity index (χ4v) is 19.6. The van der Waals surface area contributed by atoms with Crippen molar-refractivity contribution in [2.45, 2.75) is 379 Å². The van der Waals surface area contributed by atoms with E-state index < -0.39 is 36.6 Å². The third-order valence-electron chi connectivity index (χ3n) is 27.8. The number of anilines is 1. The van der Waals surface area contributed by atoms with E-state index in [0.29, 0.717) is 81.3 Å². The molecule has 0 aliphatic heterocycles. The molecule has 7 aromatic rings. The van der Waals surface area contributed by atoms with Gasteiger partial charge in [0.1, 0.15) is 40.2 Å². The second kappa shape index (κ2) is 69.2. The van der Waals surface area contributed by atoms with Crippen molar-refractivity contribution in [1.82, 2.24) is 0 Å². The zero-order valence-corrected chi connectivity index (χ0v) is 84.8. The summed E-state index contributed by atoms with van der Waals surface area (Å²) in [5, 5.41) is 119. The third kappa shape index (κ3) is 47.9. The lowest BCUT2D eigenvalue weighted by atomic mass is 9.87. The first-order valence-electron chi connectivity index (χ1n) is 53.5. The van der Waals surface area contributed by atoms with E-state index in [0.717, 1.165) is 291 Å². The molecule has 139 heavy (non-hydrogen) atoms. The van der Waals surface area contributed by atoms with E-state index in [1.54, 1.807) is 6.92 Å². The van der Waals surface area contributed by atoms with Crippen molar-refractivity contribution < 1.29 is 89.3 Å². The Hall–Kier alpha value is -7.87. The summed E-state index contributed by atoms with van der Waals surface area (Å²) in [4.78, 5) is 0. The van der Waals surface area contributed by atoms with Gasteiger partial charge in [-0.05, 0) is 308 Å². The fraction of sp³-hybridized carbons (Fsp3) is 0.636. The number of ether oxygens (including phenoxy) is 7. The van der Waals surface area contributed by atoms with Crippen LogP contribution in [0.1, 0.15) is 382 Å². The number of rotatable bonds is 42. The minimum absolute atomic E-state index is 0. The molecule has 7 aromatic carbocycles. The lowest BCUT2D eigenvalue weighted by molar-refractivity contribution is 0.0421. The van der Waals surface area contributed by atoms with Gasteiger partial charge in [0.25, 0.3) is 0 Å². The number of nitrogens with one attached hydrogen (secondary N) is 2. The zero-order chi connectivity index (χ0) is 98.9. The summed E-state index contributed by atoms with van der Waals surface area (Å²) in [6.45, 7) is 18.3. The predicted octanol–water partition coefficient (Wildman–Crippen LogP) is 25.0. The summed E-state index contributed by atoms with van der Waals surface area (Å²) >= 11 is 0. The Balaban J connectivity index is 0.000000220. The molecule has 7 aliphatic carbocycles. The van der Waals surface area contributed by atoms with Gasteiger partial charge in [0.2, 0.25) is 0 Å². The molecular formula is C118H183N3O18. The lowest BCUT2D eigenvalue weighted by Gasteiger charge is -2.27. The highest BCUT2D eigenvalue weighted by Crippen LogP contribution is 2.37. The molecule has 15 N–H and O–H groups in total. The summed E-state index contributed by atoms with van der Waals surface area (Å²) in [6.07, 6.45) is 39.1. The van der Waals surface area contributed by atoms with Crippen molar-refractivity contribution in [2.75, 3.05) is 64.7 Å². The van der Waals surface area contributed by atoms with Gasteiger partial charge in [-0.15, -0.1) is 0 Å². The molecular weight excluding hydrogens is 1750 g/mol. The van der Waals surface area contributed by atoms with Crippen molar-refractivity contribution in [3.05, 3.63) is 203 Å². The largest absolute Gasteiger partial charge is 0.493 e. The number of hydrogen-bond acceptors (Lipinski definition) is 21. The van der Waals surface area contributed by atoms with Crippen LogP contribution in [0.2, 0.25) is 0 Å². The average molecular weight is 1930 g/mol. The Kier molecular flexibility index (Phi) is 58.8. The van der Waals surface area contributed by atoms with E-state index in [2.05, 4.69) is 46.0 Å². The summed E-state index contributed by atoms with van der Waals surface area (Å²) in [5.41, 5.74) is 12.5. The van der Waals surface area contributed by atoms with Crippen molar-refractivity contribution >= 4 is 11.4 Å². The topological polar surface area (TPSA) is 349 Å². The molecule has 0 bridgehead atoms. The molecule has 7 aliphatic rings. The lowest BCUT2D eigenvalue weighted by Crippen LogP contribution is -2.29. The van der Waals surface area contributed by atoms with Gasteiger partial charge in [-0.1, -0.05) is 230 Å². The molecule has 0 aromatic heterocycles. The molecule has 778 valence electrons. The van der Waals surface area contributed by atoms with Crippen LogP contribution in [-0.4, -0.2) is 152 Å². The van der Waals surface area contributed by atoms with Gasteiger partial charge in [-0.3, -0.25) is 0 Å². The zero-order valence-electron chi connectivity index (χ0n) is 84.8. The second-order valence-electron chi connectivity index (χ2n) is 40.2. The van der Waals surface area contributed by atoms with Crippen LogP contribution in [0.25, 0.3) is 0 Å². The van der Waals surface area contributed by atoms with Gasteiger partial charge in [0.15, 0.2) is 0 Å². The minimum Gasteiger partial charge on any atom is -0.493 e. The van der Waals surface area contributed by atoms with Crippen molar-refractivity contribution in [1.29, 1.82) is 5.41 Å². The van der Waals surface area contributed by atoms with Crippen LogP contribution >= 0.6 is 0 Å². The standard InChI is InChI=1S/C17H25NO2.5C17H26O3.C15H24N2O.CH4/c1-13(18)10-17(19)15-8-5-9-16(11-15)20-12-14-6-3-2-4-7-14;4*1-2-5-17(19)14-7-4-9-16(11-14)20-12-13-6-3-8-15(18)10-13;1-2-6-16(18)13-8-5-9-15(11-13)20-12-14-7-3-4-10-17(14)19;16-9-10-17-14-7-4-8-15(11-14)18-12-13-5-2-1-3-6-13;/h5,8-9,11,14,17-19H,2-4,6-7,10,12H2,1H3;4*4,7,9,11,13,15,17-19H,2-3,5-6,8,10,12H2,1H3;5,8-9,11,14,16-19H,2-4,6-7,10,12H2,1H3;4,7-8,11,13,17H,1-3,5-6,9-10,12,16H2;1H4/t;13-,15+,17+;13-,15+,17-;13-,15-,17+;13-,15-,17-;14-,16+,17-;;/m.01010../s1. The van der Waals surface area contributed by atoms with Crippen LogP contribution in [0.15, 0.2) is 170 Å². The molecule has 0 heterocycles. The highest BCUT2D eigenvalue weighted by atomic mass is 16.5. The van der Waals surface area contributed by atoms with E-state index in [1.807, 2.05) is 164 Å². The van der Waals surface area contributed by atoms with Crippen LogP contribution < -0.4 is 44.2 Å². The van der Waals surface area contributed by atoms with Crippen molar-refractivity contribution in [3.8, 4) is 40.2 Å². The van der Waals surface area contributed by atoms with Gasteiger partial charge in [0, 0.05) is 42.9 Å². The highest BCUT2D eigenvalue weighted by Gasteiger charge is 2.28. The first kappa shape index (κ1) is 118. The van der Waals surface area contributed by atoms with Crippen LogP contribution in [0, 0.1) is 46.8 Å². The van der Waals surface area contributed by atoms with E-state index >= 15 is 0 Å². The number of hydrogen-bond donors (Lipinski definition) is 14. The van der Waals surface area contributed by atoms with Crippen LogP contribution in [0.4, 0.5) is 5.69 Å². The molecule has 7 saturated carbocycles. The summed E-state index contributed by atoms with van der Waals surface area (Å²) in [6, 6.07) is 54.4. The van der Waals surface area contributed by atoms with E-state index in [-0.39, 0.29) is 43.9 Å². The number of aliphatic hydroxyl groups is 11. The quantitative estimate of drug-likeness (QED) is 0.0158. The van der Waals surface area contributed by atoms with Gasteiger partial charge >= 0.3 is 0 Å².